The number of rotatable bonds is 1. The highest BCUT2D eigenvalue weighted by Crippen LogP contribution is 2.64. The van der Waals surface area contributed by atoms with E-state index in [0.29, 0.717) is 12.0 Å². The molecule has 1 aliphatic heterocycles. The lowest BCUT2D eigenvalue weighted by molar-refractivity contribution is -0.146. The summed E-state index contributed by atoms with van der Waals surface area (Å²) in [5.41, 5.74) is 0.856. The predicted molar refractivity (Wildman–Crippen MR) is 91.4 cm³/mol. The molecule has 1 heterocycles. The van der Waals surface area contributed by atoms with Crippen molar-refractivity contribution in [2.24, 2.45) is 28.6 Å². The van der Waals surface area contributed by atoms with E-state index in [1.807, 2.05) is 0 Å². The maximum absolute atomic E-state index is 12.5. The van der Waals surface area contributed by atoms with Crippen molar-refractivity contribution >= 4 is 5.97 Å². The van der Waals surface area contributed by atoms with Gasteiger partial charge in [-0.2, -0.15) is 0 Å². The van der Waals surface area contributed by atoms with Crippen molar-refractivity contribution in [1.82, 2.24) is 0 Å². The molecule has 0 aromatic rings. The zero-order valence-electron chi connectivity index (χ0n) is 15.5. The van der Waals surface area contributed by atoms with Crippen molar-refractivity contribution in [2.75, 3.05) is 0 Å². The number of carbonyl (C=O) groups is 1. The lowest BCUT2D eigenvalue weighted by Gasteiger charge is -2.39. The van der Waals surface area contributed by atoms with Crippen molar-refractivity contribution in [3.05, 3.63) is 11.1 Å². The van der Waals surface area contributed by atoms with E-state index >= 15 is 0 Å². The molecule has 2 fully saturated rings. The van der Waals surface area contributed by atoms with Crippen LogP contribution in [0.4, 0.5) is 0 Å². The monoisotopic (exact) mass is 350 g/mol. The largest absolute Gasteiger partial charge is 0.454 e. The molecule has 140 valence electrons. The van der Waals surface area contributed by atoms with E-state index in [4.69, 9.17) is 4.74 Å². The summed E-state index contributed by atoms with van der Waals surface area (Å²) in [6.45, 7) is 8.48. The molecule has 5 nitrogen and oxygen atoms in total. The zero-order valence-corrected chi connectivity index (χ0v) is 15.5. The molecular formula is C20H30O5. The summed E-state index contributed by atoms with van der Waals surface area (Å²) in [6.07, 6.45) is 0.163. The molecule has 8 unspecified atom stereocenters. The van der Waals surface area contributed by atoms with Gasteiger partial charge in [0.1, 0.15) is 6.10 Å². The Kier molecular flexibility index (Phi) is 3.71. The van der Waals surface area contributed by atoms with E-state index < -0.39 is 30.4 Å². The molecule has 3 aliphatic carbocycles. The van der Waals surface area contributed by atoms with Gasteiger partial charge in [0.05, 0.1) is 23.9 Å². The minimum atomic E-state index is -0.913. The number of aliphatic hydroxyl groups is 3. The first-order valence-electron chi connectivity index (χ1n) is 9.61. The molecule has 4 rings (SSSR count). The van der Waals surface area contributed by atoms with Crippen LogP contribution in [0.2, 0.25) is 0 Å². The molecule has 0 saturated heterocycles. The van der Waals surface area contributed by atoms with Crippen LogP contribution in [0, 0.1) is 28.6 Å². The van der Waals surface area contributed by atoms with Crippen LogP contribution in [-0.2, 0) is 9.53 Å². The lowest BCUT2D eigenvalue weighted by atomic mass is 9.66. The highest BCUT2D eigenvalue weighted by molar-refractivity contribution is 5.94. The Labute approximate surface area is 149 Å². The number of fused-ring (bicyclic) bond motifs is 2. The van der Waals surface area contributed by atoms with E-state index in [0.717, 1.165) is 24.8 Å². The van der Waals surface area contributed by atoms with Crippen molar-refractivity contribution < 1.29 is 24.9 Å². The number of ether oxygens (including phenoxy) is 1. The normalized spacial score (nSPS) is 52.1. The van der Waals surface area contributed by atoms with Crippen molar-refractivity contribution in [3.8, 4) is 0 Å². The van der Waals surface area contributed by atoms with Gasteiger partial charge in [-0.25, -0.2) is 4.79 Å². The van der Waals surface area contributed by atoms with Crippen LogP contribution in [0.3, 0.4) is 0 Å². The van der Waals surface area contributed by atoms with Gasteiger partial charge in [-0.05, 0) is 53.9 Å². The fourth-order valence-electron chi connectivity index (χ4n) is 6.72. The van der Waals surface area contributed by atoms with Gasteiger partial charge >= 0.3 is 5.97 Å². The Morgan fingerprint density at radius 2 is 1.76 bits per heavy atom. The first kappa shape index (κ1) is 17.5. The summed E-state index contributed by atoms with van der Waals surface area (Å²) >= 11 is 0. The van der Waals surface area contributed by atoms with E-state index in [9.17, 15) is 20.1 Å². The van der Waals surface area contributed by atoms with Gasteiger partial charge < -0.3 is 20.1 Å². The molecule has 0 amide bonds. The summed E-state index contributed by atoms with van der Waals surface area (Å²) in [7, 11) is 0. The van der Waals surface area contributed by atoms with Crippen LogP contribution in [0.25, 0.3) is 0 Å². The average Bonchev–Trinajstić information content (AvgIpc) is 2.93. The minimum Gasteiger partial charge on any atom is -0.454 e. The molecule has 0 aromatic heterocycles. The Balaban J connectivity index is 1.89. The van der Waals surface area contributed by atoms with E-state index in [1.165, 1.54) is 0 Å². The third-order valence-electron chi connectivity index (χ3n) is 7.85. The standard InChI is InChI=1S/C20H30O5/c1-9(2)12-15(22)16(23)14-17-13-11(18(24)25-17)10(21)5-6-19(13,3)7-8-20(12,14)4/h9-10,12,14-17,21-23H,5-8H2,1-4H3. The van der Waals surface area contributed by atoms with Gasteiger partial charge in [0.2, 0.25) is 0 Å². The fraction of sp³-hybridized carbons (Fsp3) is 0.850. The third-order valence-corrected chi connectivity index (χ3v) is 7.85. The molecule has 0 radical (unpaired) electrons. The van der Waals surface area contributed by atoms with E-state index in [1.54, 1.807) is 0 Å². The predicted octanol–water partition coefficient (Wildman–Crippen LogP) is 1.79. The Morgan fingerprint density at radius 3 is 2.40 bits per heavy atom. The first-order chi connectivity index (χ1) is 11.6. The highest BCUT2D eigenvalue weighted by atomic mass is 16.6. The van der Waals surface area contributed by atoms with Gasteiger partial charge in [-0.3, -0.25) is 0 Å². The topological polar surface area (TPSA) is 87.0 Å². The summed E-state index contributed by atoms with van der Waals surface area (Å²) in [4.78, 5) is 12.5. The number of hydrogen-bond donors (Lipinski definition) is 3. The summed E-state index contributed by atoms with van der Waals surface area (Å²) in [6, 6.07) is 0. The maximum Gasteiger partial charge on any atom is 0.337 e. The van der Waals surface area contributed by atoms with Gasteiger partial charge in [0.25, 0.3) is 0 Å². The third kappa shape index (κ3) is 2.09. The molecule has 0 spiro atoms. The number of carbonyl (C=O) groups excluding carboxylic acids is 1. The summed E-state index contributed by atoms with van der Waals surface area (Å²) in [5, 5.41) is 32.1. The molecule has 0 aromatic carbocycles. The Bertz CT molecular complexity index is 640. The molecular weight excluding hydrogens is 320 g/mol. The first-order valence-corrected chi connectivity index (χ1v) is 9.61. The molecule has 25 heavy (non-hydrogen) atoms. The van der Waals surface area contributed by atoms with Crippen LogP contribution in [0.5, 0.6) is 0 Å². The smallest absolute Gasteiger partial charge is 0.337 e. The fourth-order valence-corrected chi connectivity index (χ4v) is 6.72. The maximum atomic E-state index is 12.5. The number of hydrogen-bond acceptors (Lipinski definition) is 5. The summed E-state index contributed by atoms with van der Waals surface area (Å²) in [5.74, 6) is -0.566. The highest BCUT2D eigenvalue weighted by Gasteiger charge is 2.66. The molecule has 3 N–H and O–H groups in total. The molecule has 2 saturated carbocycles. The van der Waals surface area contributed by atoms with Gasteiger partial charge in [0, 0.05) is 5.92 Å². The lowest BCUT2D eigenvalue weighted by Crippen LogP contribution is -2.41. The number of aliphatic hydroxyl groups excluding tert-OH is 3. The van der Waals surface area contributed by atoms with Gasteiger partial charge in [-0.15, -0.1) is 0 Å². The van der Waals surface area contributed by atoms with Gasteiger partial charge in [0.15, 0.2) is 0 Å². The minimum absolute atomic E-state index is 0.0375. The SMILES string of the molecule is CC(C)C1C(O)C(O)C2C3OC(=O)C4=C3C(C)(CCC4O)CCC12C. The molecule has 5 heteroatoms. The van der Waals surface area contributed by atoms with Crippen molar-refractivity contribution in [1.29, 1.82) is 0 Å². The second-order valence-corrected chi connectivity index (χ2v) is 9.55. The van der Waals surface area contributed by atoms with E-state index in [-0.39, 0.29) is 28.6 Å². The van der Waals surface area contributed by atoms with Crippen molar-refractivity contribution in [3.63, 3.8) is 0 Å². The molecule has 8 atom stereocenters. The van der Waals surface area contributed by atoms with Crippen LogP contribution >= 0.6 is 0 Å². The second-order valence-electron chi connectivity index (χ2n) is 9.55. The second kappa shape index (κ2) is 5.30. The Morgan fingerprint density at radius 1 is 1.08 bits per heavy atom. The Hall–Kier alpha value is -0.910. The summed E-state index contributed by atoms with van der Waals surface area (Å²) < 4.78 is 5.78. The van der Waals surface area contributed by atoms with Crippen LogP contribution in [0.15, 0.2) is 11.1 Å². The van der Waals surface area contributed by atoms with Crippen LogP contribution in [-0.4, -0.2) is 45.7 Å². The van der Waals surface area contributed by atoms with Gasteiger partial charge in [-0.1, -0.05) is 27.7 Å². The van der Waals surface area contributed by atoms with Crippen molar-refractivity contribution in [2.45, 2.75) is 77.8 Å². The van der Waals surface area contributed by atoms with Crippen LogP contribution in [0.1, 0.15) is 53.4 Å². The quantitative estimate of drug-likeness (QED) is 0.628. The van der Waals surface area contributed by atoms with Crippen LogP contribution < -0.4 is 0 Å². The molecule has 0 bridgehead atoms. The average molecular weight is 350 g/mol. The van der Waals surface area contributed by atoms with E-state index in [2.05, 4.69) is 27.7 Å². The number of esters is 1. The zero-order chi connectivity index (χ0) is 18.3. The molecule has 4 aliphatic rings.